The van der Waals surface area contributed by atoms with Gasteiger partial charge in [0.15, 0.2) is 0 Å². The summed E-state index contributed by atoms with van der Waals surface area (Å²) >= 11 is 0. The fraction of sp³-hybridized carbons (Fsp3) is 0.333. The highest BCUT2D eigenvalue weighted by Gasteiger charge is 2.11. The van der Waals surface area contributed by atoms with E-state index >= 15 is 0 Å². The first-order chi connectivity index (χ1) is 8.58. The average Bonchev–Trinajstić information content (AvgIpc) is 2.43. The van der Waals surface area contributed by atoms with Gasteiger partial charge in [0.2, 0.25) is 0 Å². The van der Waals surface area contributed by atoms with Gasteiger partial charge in [0.25, 0.3) is 0 Å². The maximum absolute atomic E-state index is 11.5. The maximum Gasteiger partial charge on any atom is 0.338 e. The number of hydrogen-bond acceptors (Lipinski definition) is 6. The molecule has 1 atom stereocenters. The predicted molar refractivity (Wildman–Crippen MR) is 61.2 cm³/mol. The van der Waals surface area contributed by atoms with Crippen molar-refractivity contribution in [2.24, 2.45) is 0 Å². The minimum atomic E-state index is -1.09. The number of benzene rings is 1. The van der Waals surface area contributed by atoms with Crippen molar-refractivity contribution in [2.75, 3.05) is 20.3 Å². The van der Waals surface area contributed by atoms with E-state index in [0.717, 1.165) is 0 Å². The molecule has 0 heterocycles. The minimum Gasteiger partial charge on any atom is -0.465 e. The molecule has 0 bridgehead atoms. The van der Waals surface area contributed by atoms with E-state index in [4.69, 9.17) is 14.9 Å². The van der Waals surface area contributed by atoms with Crippen molar-refractivity contribution in [3.05, 3.63) is 35.4 Å². The van der Waals surface area contributed by atoms with Crippen LogP contribution in [0.2, 0.25) is 0 Å². The summed E-state index contributed by atoms with van der Waals surface area (Å²) < 4.78 is 9.26. The predicted octanol–water partition coefficient (Wildman–Crippen LogP) is -0.0168. The van der Waals surface area contributed by atoms with Crippen molar-refractivity contribution < 1.29 is 29.3 Å². The normalized spacial score (nSPS) is 11.7. The lowest BCUT2D eigenvalue weighted by atomic mass is 10.1. The Morgan fingerprint density at radius 3 is 2.11 bits per heavy atom. The van der Waals surface area contributed by atoms with Crippen LogP contribution in [-0.2, 0) is 9.47 Å². The smallest absolute Gasteiger partial charge is 0.338 e. The third kappa shape index (κ3) is 3.83. The minimum absolute atomic E-state index is 0.243. The number of esters is 2. The number of aliphatic hydroxyl groups excluding tert-OH is 2. The summed E-state index contributed by atoms with van der Waals surface area (Å²) in [6, 6.07) is 5.70. The molecule has 0 aliphatic rings. The number of carbonyl (C=O) groups excluding carboxylic acids is 2. The van der Waals surface area contributed by atoms with Crippen molar-refractivity contribution in [2.45, 2.75) is 6.10 Å². The van der Waals surface area contributed by atoms with Crippen molar-refractivity contribution in [1.29, 1.82) is 0 Å². The standard InChI is InChI=1S/C12H14O6/c1-17-11(15)8-2-4-9(5-3-8)12(16)18-7-10(14)6-13/h2-5,10,13-14H,6-7H2,1H3. The van der Waals surface area contributed by atoms with E-state index < -0.39 is 24.6 Å². The number of aliphatic hydroxyl groups is 2. The number of ether oxygens (including phenoxy) is 2. The molecule has 0 fully saturated rings. The lowest BCUT2D eigenvalue weighted by Crippen LogP contribution is -2.22. The Morgan fingerprint density at radius 2 is 1.67 bits per heavy atom. The monoisotopic (exact) mass is 254 g/mol. The summed E-state index contributed by atoms with van der Waals surface area (Å²) in [4.78, 5) is 22.6. The Morgan fingerprint density at radius 1 is 1.17 bits per heavy atom. The Bertz CT molecular complexity index is 411. The van der Waals surface area contributed by atoms with Gasteiger partial charge in [-0.25, -0.2) is 9.59 Å². The summed E-state index contributed by atoms with van der Waals surface area (Å²) in [6.45, 7) is -0.761. The SMILES string of the molecule is COC(=O)c1ccc(C(=O)OCC(O)CO)cc1. The molecule has 0 aliphatic carbocycles. The average molecular weight is 254 g/mol. The molecule has 98 valence electrons. The van der Waals surface area contributed by atoms with Gasteiger partial charge in [-0.05, 0) is 24.3 Å². The van der Waals surface area contributed by atoms with Crippen LogP contribution in [0.3, 0.4) is 0 Å². The zero-order chi connectivity index (χ0) is 13.5. The van der Waals surface area contributed by atoms with Crippen LogP contribution in [0.25, 0.3) is 0 Å². The number of rotatable bonds is 5. The zero-order valence-electron chi connectivity index (χ0n) is 9.83. The molecular formula is C12H14O6. The highest BCUT2D eigenvalue weighted by Crippen LogP contribution is 2.07. The summed E-state index contributed by atoms with van der Waals surface area (Å²) in [5, 5.41) is 17.6. The zero-order valence-corrected chi connectivity index (χ0v) is 9.83. The van der Waals surface area contributed by atoms with Crippen LogP contribution in [0, 0.1) is 0 Å². The van der Waals surface area contributed by atoms with Gasteiger partial charge in [0.05, 0.1) is 24.8 Å². The number of carbonyl (C=O) groups is 2. The fourth-order valence-corrected chi connectivity index (χ4v) is 1.17. The van der Waals surface area contributed by atoms with Gasteiger partial charge in [-0.15, -0.1) is 0 Å². The van der Waals surface area contributed by atoms with E-state index in [1.807, 2.05) is 0 Å². The Hall–Kier alpha value is -1.92. The van der Waals surface area contributed by atoms with Crippen LogP contribution in [0.5, 0.6) is 0 Å². The van der Waals surface area contributed by atoms with E-state index in [2.05, 4.69) is 4.74 Å². The number of hydrogen-bond donors (Lipinski definition) is 2. The van der Waals surface area contributed by atoms with Crippen LogP contribution in [0.15, 0.2) is 24.3 Å². The van der Waals surface area contributed by atoms with Gasteiger partial charge in [0, 0.05) is 0 Å². The molecule has 2 N–H and O–H groups in total. The van der Waals surface area contributed by atoms with Crippen LogP contribution in [-0.4, -0.2) is 48.6 Å². The van der Waals surface area contributed by atoms with Crippen LogP contribution in [0.1, 0.15) is 20.7 Å². The van der Waals surface area contributed by atoms with E-state index in [9.17, 15) is 9.59 Å². The van der Waals surface area contributed by atoms with E-state index in [1.54, 1.807) is 0 Å². The van der Waals surface area contributed by atoms with Gasteiger partial charge < -0.3 is 19.7 Å². The Kier molecular flexibility index (Phi) is 5.29. The van der Waals surface area contributed by atoms with Crippen LogP contribution >= 0.6 is 0 Å². The van der Waals surface area contributed by atoms with Crippen molar-refractivity contribution in [3.63, 3.8) is 0 Å². The molecule has 0 aromatic heterocycles. The summed E-state index contributed by atoms with van der Waals surface area (Å²) in [7, 11) is 1.26. The third-order valence-corrected chi connectivity index (χ3v) is 2.16. The van der Waals surface area contributed by atoms with Gasteiger partial charge in [-0.2, -0.15) is 0 Å². The van der Waals surface area contributed by atoms with Crippen molar-refractivity contribution in [3.8, 4) is 0 Å². The Balaban J connectivity index is 2.62. The van der Waals surface area contributed by atoms with Crippen LogP contribution < -0.4 is 0 Å². The quantitative estimate of drug-likeness (QED) is 0.717. The molecule has 0 spiro atoms. The first kappa shape index (κ1) is 14.1. The van der Waals surface area contributed by atoms with Gasteiger partial charge >= 0.3 is 11.9 Å². The second kappa shape index (κ2) is 6.73. The molecule has 0 saturated heterocycles. The van der Waals surface area contributed by atoms with Crippen LogP contribution in [0.4, 0.5) is 0 Å². The highest BCUT2D eigenvalue weighted by atomic mass is 16.5. The molecule has 1 rings (SSSR count). The second-order valence-corrected chi connectivity index (χ2v) is 3.50. The molecule has 6 heteroatoms. The fourth-order valence-electron chi connectivity index (χ4n) is 1.17. The maximum atomic E-state index is 11.5. The second-order valence-electron chi connectivity index (χ2n) is 3.50. The first-order valence-corrected chi connectivity index (χ1v) is 5.23. The van der Waals surface area contributed by atoms with Gasteiger partial charge in [-0.3, -0.25) is 0 Å². The molecule has 1 aromatic carbocycles. The molecule has 0 aliphatic heterocycles. The van der Waals surface area contributed by atoms with E-state index in [0.29, 0.717) is 5.56 Å². The molecule has 0 radical (unpaired) electrons. The van der Waals surface area contributed by atoms with E-state index in [1.165, 1.54) is 31.4 Å². The summed E-state index contributed by atoms with van der Waals surface area (Å²) in [5.41, 5.74) is 0.567. The van der Waals surface area contributed by atoms with E-state index in [-0.39, 0.29) is 12.2 Å². The summed E-state index contributed by atoms with van der Waals surface area (Å²) in [6.07, 6.45) is -1.09. The van der Waals surface area contributed by atoms with Gasteiger partial charge in [0.1, 0.15) is 12.7 Å². The third-order valence-electron chi connectivity index (χ3n) is 2.16. The van der Waals surface area contributed by atoms with Crippen molar-refractivity contribution in [1.82, 2.24) is 0 Å². The topological polar surface area (TPSA) is 93.1 Å². The highest BCUT2D eigenvalue weighted by molar-refractivity contribution is 5.93. The lowest BCUT2D eigenvalue weighted by molar-refractivity contribution is 0.00931. The molecule has 18 heavy (non-hydrogen) atoms. The largest absolute Gasteiger partial charge is 0.465 e. The number of methoxy groups -OCH3 is 1. The summed E-state index contributed by atoms with van der Waals surface area (Å²) in [5.74, 6) is -1.13. The molecule has 0 amide bonds. The molecule has 0 saturated carbocycles. The lowest BCUT2D eigenvalue weighted by Gasteiger charge is -2.08. The Labute approximate surface area is 104 Å². The van der Waals surface area contributed by atoms with Gasteiger partial charge in [-0.1, -0.05) is 0 Å². The molecule has 1 unspecified atom stereocenters. The molecule has 6 nitrogen and oxygen atoms in total. The molecular weight excluding hydrogens is 240 g/mol. The molecule has 1 aromatic rings. The first-order valence-electron chi connectivity index (χ1n) is 5.23. The van der Waals surface area contributed by atoms with Crippen molar-refractivity contribution >= 4 is 11.9 Å².